The minimum Gasteiger partial charge on any atom is -0.433 e. The average molecular weight is 172 g/mol. The Labute approximate surface area is 68.4 Å². The van der Waals surface area contributed by atoms with Crippen molar-refractivity contribution in [2.24, 2.45) is 0 Å². The smallest absolute Gasteiger partial charge is 0.433 e. The first-order valence-corrected chi connectivity index (χ1v) is 3.67. The number of esters is 1. The van der Waals surface area contributed by atoms with E-state index in [0.29, 0.717) is 13.1 Å². The fourth-order valence-corrected chi connectivity index (χ4v) is 1.18. The summed E-state index contributed by atoms with van der Waals surface area (Å²) in [5, 5.41) is 4.38. The molecule has 2 saturated heterocycles. The molecule has 6 nitrogen and oxygen atoms in total. The van der Waals surface area contributed by atoms with Crippen LogP contribution in [0.2, 0.25) is 0 Å². The van der Waals surface area contributed by atoms with Gasteiger partial charge in [0.15, 0.2) is 6.23 Å². The summed E-state index contributed by atoms with van der Waals surface area (Å²) in [7, 11) is 0. The summed E-state index contributed by atoms with van der Waals surface area (Å²) in [5.41, 5.74) is 0. The minimum atomic E-state index is -0.937. The third-order valence-corrected chi connectivity index (χ3v) is 1.76. The van der Waals surface area contributed by atoms with Gasteiger partial charge in [-0.05, 0) is 0 Å². The number of hydrogen-bond acceptors (Lipinski definition) is 6. The molecule has 0 aromatic carbocycles. The molecule has 2 heterocycles. The van der Waals surface area contributed by atoms with Crippen molar-refractivity contribution in [1.82, 2.24) is 10.4 Å². The first-order valence-electron chi connectivity index (χ1n) is 3.67. The van der Waals surface area contributed by atoms with Crippen molar-refractivity contribution in [2.45, 2.75) is 6.23 Å². The van der Waals surface area contributed by atoms with Gasteiger partial charge in [0.2, 0.25) is 0 Å². The van der Waals surface area contributed by atoms with Gasteiger partial charge in [0, 0.05) is 13.1 Å². The third kappa shape index (κ3) is 1.15. The van der Waals surface area contributed by atoms with Crippen LogP contribution in [0.3, 0.4) is 0 Å². The Morgan fingerprint density at radius 1 is 1.42 bits per heavy atom. The van der Waals surface area contributed by atoms with Crippen molar-refractivity contribution in [2.75, 3.05) is 19.6 Å². The van der Waals surface area contributed by atoms with Gasteiger partial charge in [-0.25, -0.2) is 9.59 Å². The zero-order chi connectivity index (χ0) is 8.55. The van der Waals surface area contributed by atoms with Crippen LogP contribution in [0, 0.1) is 0 Å². The molecule has 1 atom stereocenters. The SMILES string of the molecule is O=C1OC2CNCCN2OC1=O. The highest BCUT2D eigenvalue weighted by Crippen LogP contribution is 2.11. The minimum absolute atomic E-state index is 0.455. The number of nitrogens with zero attached hydrogens (tertiary/aromatic N) is 1. The first kappa shape index (κ1) is 7.51. The molecule has 0 amide bonds. The number of ether oxygens (including phenoxy) is 1. The third-order valence-electron chi connectivity index (χ3n) is 1.76. The fraction of sp³-hybridized carbons (Fsp3) is 0.667. The summed E-state index contributed by atoms with van der Waals surface area (Å²) in [4.78, 5) is 26.1. The van der Waals surface area contributed by atoms with Crippen LogP contribution < -0.4 is 5.32 Å². The molecule has 12 heavy (non-hydrogen) atoms. The molecule has 2 rings (SSSR count). The Hall–Kier alpha value is -1.14. The standard InChI is InChI=1S/C6H8N2O4/c9-5-6(10)12-8-2-1-7-3-4(8)11-5/h4,7H,1-3H2. The van der Waals surface area contributed by atoms with Gasteiger partial charge < -0.3 is 14.9 Å². The summed E-state index contributed by atoms with van der Waals surface area (Å²) in [6.07, 6.45) is -0.455. The second kappa shape index (κ2) is 2.72. The van der Waals surface area contributed by atoms with Crippen molar-refractivity contribution in [3.8, 4) is 0 Å². The van der Waals surface area contributed by atoms with E-state index in [1.54, 1.807) is 0 Å². The number of fused-ring (bicyclic) bond motifs is 1. The van der Waals surface area contributed by atoms with Gasteiger partial charge in [0.25, 0.3) is 0 Å². The van der Waals surface area contributed by atoms with E-state index >= 15 is 0 Å². The highest BCUT2D eigenvalue weighted by atomic mass is 16.8. The van der Waals surface area contributed by atoms with Crippen LogP contribution in [0.1, 0.15) is 0 Å². The molecule has 0 spiro atoms. The number of carbonyl (C=O) groups excluding carboxylic acids is 2. The molecule has 0 bridgehead atoms. The largest absolute Gasteiger partial charge is 0.436 e. The first-order chi connectivity index (χ1) is 5.77. The molecule has 2 aliphatic rings. The van der Waals surface area contributed by atoms with Gasteiger partial charge in [0.05, 0.1) is 6.54 Å². The van der Waals surface area contributed by atoms with Gasteiger partial charge >= 0.3 is 11.9 Å². The summed E-state index contributed by atoms with van der Waals surface area (Å²) >= 11 is 0. The van der Waals surface area contributed by atoms with Crippen LogP contribution in [0.25, 0.3) is 0 Å². The normalized spacial score (nSPS) is 30.5. The molecule has 6 heteroatoms. The highest BCUT2D eigenvalue weighted by molar-refractivity contribution is 6.29. The summed E-state index contributed by atoms with van der Waals surface area (Å²) in [6.45, 7) is 1.77. The summed E-state index contributed by atoms with van der Waals surface area (Å²) < 4.78 is 4.75. The lowest BCUT2D eigenvalue weighted by atomic mass is 10.4. The Morgan fingerprint density at radius 3 is 3.08 bits per heavy atom. The zero-order valence-electron chi connectivity index (χ0n) is 6.28. The fourth-order valence-electron chi connectivity index (χ4n) is 1.18. The Morgan fingerprint density at radius 2 is 2.25 bits per heavy atom. The second-order valence-electron chi connectivity index (χ2n) is 2.58. The average Bonchev–Trinajstić information content (AvgIpc) is 2.07. The highest BCUT2D eigenvalue weighted by Gasteiger charge is 2.37. The van der Waals surface area contributed by atoms with Crippen LogP contribution in [0.4, 0.5) is 0 Å². The maximum absolute atomic E-state index is 10.7. The molecule has 0 aliphatic carbocycles. The molecule has 2 aliphatic heterocycles. The molecule has 0 radical (unpaired) electrons. The Balaban J connectivity index is 2.07. The van der Waals surface area contributed by atoms with E-state index < -0.39 is 18.2 Å². The molecule has 0 saturated carbocycles. The van der Waals surface area contributed by atoms with Crippen molar-refractivity contribution < 1.29 is 19.2 Å². The maximum atomic E-state index is 10.7. The number of hydrogen-bond donors (Lipinski definition) is 1. The predicted molar refractivity (Wildman–Crippen MR) is 35.5 cm³/mol. The number of rotatable bonds is 0. The van der Waals surface area contributed by atoms with Crippen molar-refractivity contribution in [3.05, 3.63) is 0 Å². The summed E-state index contributed by atoms with van der Waals surface area (Å²) in [5.74, 6) is -1.85. The lowest BCUT2D eigenvalue weighted by Gasteiger charge is -2.35. The predicted octanol–water partition coefficient (Wildman–Crippen LogP) is -1.77. The number of carbonyl (C=O) groups is 2. The molecule has 1 N–H and O–H groups in total. The van der Waals surface area contributed by atoms with Gasteiger partial charge in [0.1, 0.15) is 0 Å². The molecule has 66 valence electrons. The molecule has 0 aromatic heterocycles. The summed E-state index contributed by atoms with van der Waals surface area (Å²) in [6, 6.07) is 0. The van der Waals surface area contributed by atoms with E-state index in [1.165, 1.54) is 5.06 Å². The topological polar surface area (TPSA) is 67.9 Å². The van der Waals surface area contributed by atoms with Crippen molar-refractivity contribution in [3.63, 3.8) is 0 Å². The number of nitrogens with one attached hydrogen (secondary N) is 1. The number of hydroxylamine groups is 2. The molecular formula is C6H8N2O4. The van der Waals surface area contributed by atoms with Gasteiger partial charge in [-0.15, -0.1) is 0 Å². The lowest BCUT2D eigenvalue weighted by Crippen LogP contribution is -2.57. The van der Waals surface area contributed by atoms with Gasteiger partial charge in [-0.1, -0.05) is 5.06 Å². The van der Waals surface area contributed by atoms with Crippen LogP contribution in [0.5, 0.6) is 0 Å². The molecule has 0 aromatic rings. The van der Waals surface area contributed by atoms with E-state index in [1.807, 2.05) is 0 Å². The molecule has 2 fully saturated rings. The van der Waals surface area contributed by atoms with Crippen molar-refractivity contribution >= 4 is 11.9 Å². The monoisotopic (exact) mass is 172 g/mol. The van der Waals surface area contributed by atoms with E-state index in [0.717, 1.165) is 6.54 Å². The van der Waals surface area contributed by atoms with Crippen LogP contribution in [0.15, 0.2) is 0 Å². The number of piperazine rings is 1. The van der Waals surface area contributed by atoms with Crippen molar-refractivity contribution in [1.29, 1.82) is 0 Å². The maximum Gasteiger partial charge on any atom is 0.436 e. The van der Waals surface area contributed by atoms with Gasteiger partial charge in [-0.2, -0.15) is 0 Å². The van der Waals surface area contributed by atoms with E-state index in [2.05, 4.69) is 10.2 Å². The molecule has 1 unspecified atom stereocenters. The lowest BCUT2D eigenvalue weighted by molar-refractivity contribution is -0.269. The van der Waals surface area contributed by atoms with Crippen LogP contribution in [-0.2, 0) is 19.2 Å². The quantitative estimate of drug-likeness (QED) is 0.344. The zero-order valence-corrected chi connectivity index (χ0v) is 6.28. The van der Waals surface area contributed by atoms with Crippen LogP contribution >= 0.6 is 0 Å². The van der Waals surface area contributed by atoms with E-state index in [4.69, 9.17) is 4.74 Å². The second-order valence-corrected chi connectivity index (χ2v) is 2.58. The molecular weight excluding hydrogens is 164 g/mol. The Kier molecular flexibility index (Phi) is 1.70. The Bertz CT molecular complexity index is 206. The van der Waals surface area contributed by atoms with Gasteiger partial charge in [-0.3, -0.25) is 0 Å². The van der Waals surface area contributed by atoms with E-state index in [-0.39, 0.29) is 0 Å². The van der Waals surface area contributed by atoms with E-state index in [9.17, 15) is 9.59 Å². The van der Waals surface area contributed by atoms with Crippen LogP contribution in [-0.4, -0.2) is 42.9 Å².